The maximum atomic E-state index is 11.8. The highest BCUT2D eigenvalue weighted by molar-refractivity contribution is 5.95. The fraction of sp³-hybridized carbons (Fsp3) is 0.857. The summed E-state index contributed by atoms with van der Waals surface area (Å²) in [5.41, 5.74) is 0. The lowest BCUT2D eigenvalue weighted by Crippen LogP contribution is -2.46. The van der Waals surface area contributed by atoms with Gasteiger partial charge >= 0.3 is 6.03 Å². The predicted molar refractivity (Wildman–Crippen MR) is 75.8 cm³/mol. The number of hydrogen-bond donors (Lipinski definition) is 2. The highest BCUT2D eigenvalue weighted by Crippen LogP contribution is 2.27. The maximum Gasteiger partial charge on any atom is 0.321 e. The zero-order valence-electron chi connectivity index (χ0n) is 12.5. The summed E-state index contributed by atoms with van der Waals surface area (Å²) < 4.78 is 0. The molecule has 0 radical (unpaired) electrons. The average molecular weight is 269 g/mol. The summed E-state index contributed by atoms with van der Waals surface area (Å²) in [4.78, 5) is 25.5. The van der Waals surface area contributed by atoms with Gasteiger partial charge in [-0.25, -0.2) is 4.79 Å². The van der Waals surface area contributed by atoms with E-state index >= 15 is 0 Å². The number of carbonyl (C=O) groups excluding carboxylic acids is 2. The van der Waals surface area contributed by atoms with Crippen LogP contribution in [-0.4, -0.2) is 42.5 Å². The van der Waals surface area contributed by atoms with Crippen molar-refractivity contribution >= 4 is 11.9 Å². The molecule has 0 heterocycles. The van der Waals surface area contributed by atoms with Crippen LogP contribution in [0.2, 0.25) is 0 Å². The van der Waals surface area contributed by atoms with Crippen molar-refractivity contribution in [2.45, 2.75) is 46.6 Å². The van der Waals surface area contributed by atoms with E-state index in [2.05, 4.69) is 29.4 Å². The van der Waals surface area contributed by atoms with Crippen LogP contribution in [0.3, 0.4) is 0 Å². The molecule has 0 aliphatic heterocycles. The summed E-state index contributed by atoms with van der Waals surface area (Å²) in [5.74, 6) is 0.696. The highest BCUT2D eigenvalue weighted by Gasteiger charge is 2.30. The Labute approximate surface area is 116 Å². The SMILES string of the molecule is CC(C)CNC(=O)NC(=O)CN(CC(C)C)C1CC1. The lowest BCUT2D eigenvalue weighted by molar-refractivity contribution is -0.121. The van der Waals surface area contributed by atoms with Gasteiger partial charge in [-0.3, -0.25) is 15.0 Å². The molecule has 0 atom stereocenters. The van der Waals surface area contributed by atoms with Crippen LogP contribution in [0.4, 0.5) is 4.79 Å². The monoisotopic (exact) mass is 269 g/mol. The molecule has 5 nitrogen and oxygen atoms in total. The summed E-state index contributed by atoms with van der Waals surface area (Å²) in [6.07, 6.45) is 2.33. The van der Waals surface area contributed by atoms with Crippen molar-refractivity contribution in [3.05, 3.63) is 0 Å². The van der Waals surface area contributed by atoms with Gasteiger partial charge in [0.2, 0.25) is 5.91 Å². The third-order valence-corrected chi connectivity index (χ3v) is 2.93. The van der Waals surface area contributed by atoms with Crippen molar-refractivity contribution in [2.75, 3.05) is 19.6 Å². The first-order valence-corrected chi connectivity index (χ1v) is 7.20. The summed E-state index contributed by atoms with van der Waals surface area (Å²) in [6.45, 7) is 10.1. The van der Waals surface area contributed by atoms with Crippen molar-refractivity contribution in [1.29, 1.82) is 0 Å². The molecule has 0 aromatic rings. The van der Waals surface area contributed by atoms with E-state index in [1.165, 1.54) is 12.8 Å². The molecule has 110 valence electrons. The van der Waals surface area contributed by atoms with Crippen molar-refractivity contribution < 1.29 is 9.59 Å². The molecule has 19 heavy (non-hydrogen) atoms. The van der Waals surface area contributed by atoms with Crippen LogP contribution < -0.4 is 10.6 Å². The van der Waals surface area contributed by atoms with Crippen molar-refractivity contribution in [1.82, 2.24) is 15.5 Å². The molecule has 3 amide bonds. The van der Waals surface area contributed by atoms with Gasteiger partial charge in [0.1, 0.15) is 0 Å². The van der Waals surface area contributed by atoms with Crippen molar-refractivity contribution in [3.8, 4) is 0 Å². The molecule has 1 aliphatic carbocycles. The summed E-state index contributed by atoms with van der Waals surface area (Å²) >= 11 is 0. The van der Waals surface area contributed by atoms with Crippen molar-refractivity contribution in [3.63, 3.8) is 0 Å². The molecule has 0 aromatic heterocycles. The van der Waals surface area contributed by atoms with E-state index in [-0.39, 0.29) is 11.9 Å². The van der Waals surface area contributed by atoms with Crippen LogP contribution in [0.5, 0.6) is 0 Å². The van der Waals surface area contributed by atoms with E-state index in [9.17, 15) is 9.59 Å². The van der Waals surface area contributed by atoms with E-state index in [0.29, 0.717) is 31.0 Å². The van der Waals surface area contributed by atoms with Crippen LogP contribution in [0.15, 0.2) is 0 Å². The Morgan fingerprint density at radius 3 is 2.26 bits per heavy atom. The van der Waals surface area contributed by atoms with Gasteiger partial charge in [0, 0.05) is 19.1 Å². The van der Waals surface area contributed by atoms with E-state index < -0.39 is 0 Å². The van der Waals surface area contributed by atoms with Crippen molar-refractivity contribution in [2.24, 2.45) is 11.8 Å². The Balaban J connectivity index is 2.29. The molecule has 1 rings (SSSR count). The number of urea groups is 1. The second kappa shape index (κ2) is 7.48. The molecule has 1 fully saturated rings. The third-order valence-electron chi connectivity index (χ3n) is 2.93. The van der Waals surface area contributed by atoms with Gasteiger partial charge in [0.25, 0.3) is 0 Å². The molecule has 0 unspecified atom stereocenters. The maximum absolute atomic E-state index is 11.8. The Bertz CT molecular complexity index is 312. The lowest BCUT2D eigenvalue weighted by Gasteiger charge is -2.23. The minimum absolute atomic E-state index is 0.214. The number of nitrogens with zero attached hydrogens (tertiary/aromatic N) is 1. The van der Waals surface area contributed by atoms with Gasteiger partial charge in [-0.15, -0.1) is 0 Å². The zero-order chi connectivity index (χ0) is 14.4. The summed E-state index contributed by atoms with van der Waals surface area (Å²) in [5, 5.41) is 5.07. The second-order valence-corrected chi connectivity index (χ2v) is 6.21. The molecule has 5 heteroatoms. The quantitative estimate of drug-likeness (QED) is 0.738. The highest BCUT2D eigenvalue weighted by atomic mass is 16.2. The van der Waals surface area contributed by atoms with Crippen LogP contribution in [0, 0.1) is 11.8 Å². The number of rotatable bonds is 7. The molecular formula is C14H27N3O2. The number of imide groups is 1. The Morgan fingerprint density at radius 2 is 1.79 bits per heavy atom. The topological polar surface area (TPSA) is 61.4 Å². The van der Waals surface area contributed by atoms with Crippen LogP contribution in [0.1, 0.15) is 40.5 Å². The second-order valence-electron chi connectivity index (χ2n) is 6.21. The van der Waals surface area contributed by atoms with E-state index in [1.807, 2.05) is 13.8 Å². The minimum Gasteiger partial charge on any atom is -0.338 e. The van der Waals surface area contributed by atoms with Crippen LogP contribution >= 0.6 is 0 Å². The molecule has 1 aliphatic rings. The molecule has 1 saturated carbocycles. The lowest BCUT2D eigenvalue weighted by atomic mass is 10.2. The van der Waals surface area contributed by atoms with Gasteiger partial charge in [0.05, 0.1) is 6.54 Å². The van der Waals surface area contributed by atoms with Crippen LogP contribution in [-0.2, 0) is 4.79 Å². The van der Waals surface area contributed by atoms with E-state index in [1.54, 1.807) is 0 Å². The first-order valence-electron chi connectivity index (χ1n) is 7.20. The molecule has 0 spiro atoms. The molecule has 0 bridgehead atoms. The van der Waals surface area contributed by atoms with Crippen LogP contribution in [0.25, 0.3) is 0 Å². The van der Waals surface area contributed by atoms with Gasteiger partial charge in [-0.2, -0.15) is 0 Å². The minimum atomic E-state index is -0.390. The Morgan fingerprint density at radius 1 is 1.16 bits per heavy atom. The summed E-state index contributed by atoms with van der Waals surface area (Å²) in [7, 11) is 0. The van der Waals surface area contributed by atoms with E-state index in [4.69, 9.17) is 0 Å². The molecular weight excluding hydrogens is 242 g/mol. The normalized spacial score (nSPS) is 15.1. The average Bonchev–Trinajstić information content (AvgIpc) is 3.08. The fourth-order valence-corrected chi connectivity index (χ4v) is 1.94. The fourth-order valence-electron chi connectivity index (χ4n) is 1.94. The number of amides is 3. The number of hydrogen-bond acceptors (Lipinski definition) is 3. The smallest absolute Gasteiger partial charge is 0.321 e. The molecule has 0 aromatic carbocycles. The van der Waals surface area contributed by atoms with Gasteiger partial charge in [-0.05, 0) is 24.7 Å². The molecule has 2 N–H and O–H groups in total. The Kier molecular flexibility index (Phi) is 6.28. The number of carbonyl (C=O) groups is 2. The van der Waals surface area contributed by atoms with Gasteiger partial charge < -0.3 is 5.32 Å². The van der Waals surface area contributed by atoms with Gasteiger partial charge in [-0.1, -0.05) is 27.7 Å². The summed E-state index contributed by atoms with van der Waals surface area (Å²) in [6, 6.07) is 0.144. The Hall–Kier alpha value is -1.10. The standard InChI is InChI=1S/C14H27N3O2/c1-10(2)7-15-14(19)16-13(18)9-17(8-11(3)4)12-5-6-12/h10-12H,5-9H2,1-4H3,(H2,15,16,18,19). The predicted octanol–water partition coefficient (Wildman–Crippen LogP) is 1.59. The number of nitrogens with one attached hydrogen (secondary N) is 2. The zero-order valence-corrected chi connectivity index (χ0v) is 12.5. The first kappa shape index (κ1) is 16.0. The largest absolute Gasteiger partial charge is 0.338 e. The third kappa shape index (κ3) is 7.15. The van der Waals surface area contributed by atoms with E-state index in [0.717, 1.165) is 6.54 Å². The van der Waals surface area contributed by atoms with Gasteiger partial charge in [0.15, 0.2) is 0 Å². The first-order chi connectivity index (χ1) is 8.88. The molecule has 0 saturated heterocycles.